The fourth-order valence-corrected chi connectivity index (χ4v) is 2.70. The standard InChI is InChI=1S/C16H15N5O3/c1-20-7-9-4-3-5-11(13(9)19-16(20)23)21-8-10(6-17)12(18)14(21)15(22)24-2/h3-5,8H,7,18H2,1-2H3,(H,19,23). The maximum absolute atomic E-state index is 12.1. The van der Waals surface area contributed by atoms with E-state index in [-0.39, 0.29) is 23.0 Å². The first-order valence-electron chi connectivity index (χ1n) is 7.11. The Morgan fingerprint density at radius 2 is 2.21 bits per heavy atom. The number of nitriles is 1. The molecule has 2 aromatic rings. The summed E-state index contributed by atoms with van der Waals surface area (Å²) >= 11 is 0. The first-order chi connectivity index (χ1) is 11.5. The zero-order valence-electron chi connectivity index (χ0n) is 13.2. The summed E-state index contributed by atoms with van der Waals surface area (Å²) in [6.07, 6.45) is 1.46. The molecule has 0 saturated carbocycles. The molecule has 0 saturated heterocycles. The molecule has 3 N–H and O–H groups in total. The van der Waals surface area contributed by atoms with Crippen LogP contribution < -0.4 is 11.1 Å². The van der Waals surface area contributed by atoms with Gasteiger partial charge in [-0.1, -0.05) is 12.1 Å². The van der Waals surface area contributed by atoms with Gasteiger partial charge in [-0.2, -0.15) is 5.26 Å². The van der Waals surface area contributed by atoms with Crippen molar-refractivity contribution in [2.24, 2.45) is 0 Å². The Balaban J connectivity index is 2.25. The lowest BCUT2D eigenvalue weighted by atomic mass is 10.1. The lowest BCUT2D eigenvalue weighted by Gasteiger charge is -2.28. The van der Waals surface area contributed by atoms with E-state index in [2.05, 4.69) is 5.32 Å². The van der Waals surface area contributed by atoms with E-state index in [0.29, 0.717) is 17.9 Å². The van der Waals surface area contributed by atoms with Gasteiger partial charge in [0.2, 0.25) is 0 Å². The van der Waals surface area contributed by atoms with Crippen LogP contribution in [0.2, 0.25) is 0 Å². The third-order valence-corrected chi connectivity index (χ3v) is 3.92. The van der Waals surface area contributed by atoms with Crippen LogP contribution in [0, 0.1) is 11.3 Å². The van der Waals surface area contributed by atoms with Crippen molar-refractivity contribution in [3.63, 3.8) is 0 Å². The molecule has 0 aliphatic carbocycles. The summed E-state index contributed by atoms with van der Waals surface area (Å²) in [7, 11) is 2.93. The number of carbonyl (C=O) groups is 2. The minimum atomic E-state index is -0.661. The van der Waals surface area contributed by atoms with Crippen LogP contribution in [-0.2, 0) is 11.3 Å². The number of ether oxygens (including phenoxy) is 1. The second-order valence-electron chi connectivity index (χ2n) is 5.38. The number of hydrogen-bond acceptors (Lipinski definition) is 5. The van der Waals surface area contributed by atoms with Crippen LogP contribution in [0.1, 0.15) is 21.6 Å². The molecule has 1 aromatic carbocycles. The summed E-state index contributed by atoms with van der Waals surface area (Å²) < 4.78 is 6.25. The first kappa shape index (κ1) is 15.4. The number of amides is 2. The van der Waals surface area contributed by atoms with Gasteiger partial charge in [0.05, 0.1) is 29.7 Å². The number of nitrogens with two attached hydrogens (primary N) is 1. The van der Waals surface area contributed by atoms with E-state index in [1.54, 1.807) is 13.1 Å². The van der Waals surface area contributed by atoms with E-state index in [1.165, 1.54) is 22.8 Å². The molecule has 122 valence electrons. The molecule has 0 spiro atoms. The molecule has 8 nitrogen and oxygen atoms in total. The fourth-order valence-electron chi connectivity index (χ4n) is 2.70. The molecule has 3 rings (SSSR count). The van der Waals surface area contributed by atoms with Gasteiger partial charge in [0, 0.05) is 19.8 Å². The van der Waals surface area contributed by atoms with Gasteiger partial charge in [-0.3, -0.25) is 0 Å². The van der Waals surface area contributed by atoms with Crippen molar-refractivity contribution in [2.75, 3.05) is 25.2 Å². The predicted molar refractivity (Wildman–Crippen MR) is 86.7 cm³/mol. The number of anilines is 2. The van der Waals surface area contributed by atoms with Crippen LogP contribution in [-0.4, -0.2) is 35.6 Å². The van der Waals surface area contributed by atoms with Crippen LogP contribution in [0.25, 0.3) is 5.69 Å². The maximum Gasteiger partial charge on any atom is 0.357 e. The Bertz CT molecular complexity index is 894. The first-order valence-corrected chi connectivity index (χ1v) is 7.11. The van der Waals surface area contributed by atoms with E-state index in [0.717, 1.165) is 5.56 Å². The Labute approximate surface area is 138 Å². The normalized spacial score (nSPS) is 13.0. The number of esters is 1. The number of nitrogens with zero attached hydrogens (tertiary/aromatic N) is 3. The van der Waals surface area contributed by atoms with Crippen LogP contribution in [0.5, 0.6) is 0 Å². The summed E-state index contributed by atoms with van der Waals surface area (Å²) in [6, 6.07) is 7.12. The molecular weight excluding hydrogens is 310 g/mol. The number of para-hydroxylation sites is 1. The molecular formula is C16H15N5O3. The largest absolute Gasteiger partial charge is 0.464 e. The minimum Gasteiger partial charge on any atom is -0.464 e. The highest BCUT2D eigenvalue weighted by Crippen LogP contribution is 2.33. The number of nitrogens with one attached hydrogen (secondary N) is 1. The van der Waals surface area contributed by atoms with E-state index >= 15 is 0 Å². The molecule has 0 unspecified atom stereocenters. The number of urea groups is 1. The number of nitrogen functional groups attached to an aromatic ring is 1. The molecule has 1 aliphatic rings. The van der Waals surface area contributed by atoms with Crippen molar-refractivity contribution < 1.29 is 14.3 Å². The Hall–Kier alpha value is -3.47. The van der Waals surface area contributed by atoms with Crippen molar-refractivity contribution in [3.8, 4) is 11.8 Å². The summed E-state index contributed by atoms with van der Waals surface area (Å²) in [4.78, 5) is 25.6. The molecule has 2 heterocycles. The highest BCUT2D eigenvalue weighted by atomic mass is 16.5. The minimum absolute atomic E-state index is 0.0428. The van der Waals surface area contributed by atoms with E-state index in [9.17, 15) is 14.9 Å². The van der Waals surface area contributed by atoms with Crippen molar-refractivity contribution >= 4 is 23.4 Å². The zero-order chi connectivity index (χ0) is 17.4. The number of carbonyl (C=O) groups excluding carboxylic acids is 2. The SMILES string of the molecule is COC(=O)c1c(N)c(C#N)cn1-c1cccc2c1NC(=O)N(C)C2. The van der Waals surface area contributed by atoms with Gasteiger partial charge in [-0.25, -0.2) is 9.59 Å². The number of fused-ring (bicyclic) bond motifs is 1. The van der Waals surface area contributed by atoms with Crippen LogP contribution in [0.3, 0.4) is 0 Å². The van der Waals surface area contributed by atoms with Crippen LogP contribution in [0.4, 0.5) is 16.2 Å². The van der Waals surface area contributed by atoms with Crippen LogP contribution in [0.15, 0.2) is 24.4 Å². The molecule has 1 aliphatic heterocycles. The summed E-state index contributed by atoms with van der Waals surface area (Å²) in [5.41, 5.74) is 8.17. The number of rotatable bonds is 2. The lowest BCUT2D eigenvalue weighted by Crippen LogP contribution is -2.36. The topological polar surface area (TPSA) is 113 Å². The van der Waals surface area contributed by atoms with Gasteiger partial charge in [-0.05, 0) is 11.6 Å². The summed E-state index contributed by atoms with van der Waals surface area (Å²) in [5.74, 6) is -0.661. The van der Waals surface area contributed by atoms with Gasteiger partial charge in [0.1, 0.15) is 6.07 Å². The van der Waals surface area contributed by atoms with Gasteiger partial charge >= 0.3 is 12.0 Å². The second-order valence-corrected chi connectivity index (χ2v) is 5.38. The van der Waals surface area contributed by atoms with Crippen LogP contribution >= 0.6 is 0 Å². The quantitative estimate of drug-likeness (QED) is 0.816. The number of methoxy groups -OCH3 is 1. The monoisotopic (exact) mass is 325 g/mol. The molecule has 24 heavy (non-hydrogen) atoms. The van der Waals surface area contributed by atoms with E-state index in [1.807, 2.05) is 18.2 Å². The molecule has 8 heteroatoms. The van der Waals surface area contributed by atoms with Gasteiger partial charge in [0.15, 0.2) is 5.69 Å². The van der Waals surface area contributed by atoms with Gasteiger partial charge < -0.3 is 25.3 Å². The van der Waals surface area contributed by atoms with E-state index in [4.69, 9.17) is 10.5 Å². The highest BCUT2D eigenvalue weighted by Gasteiger charge is 2.26. The molecule has 0 atom stereocenters. The van der Waals surface area contributed by atoms with Crippen molar-refractivity contribution in [1.82, 2.24) is 9.47 Å². The highest BCUT2D eigenvalue weighted by molar-refractivity contribution is 5.98. The second kappa shape index (κ2) is 5.62. The lowest BCUT2D eigenvalue weighted by molar-refractivity contribution is 0.0593. The Kier molecular flexibility index (Phi) is 3.62. The maximum atomic E-state index is 12.1. The average molecular weight is 325 g/mol. The van der Waals surface area contributed by atoms with Gasteiger partial charge in [-0.15, -0.1) is 0 Å². The number of benzene rings is 1. The molecule has 0 fully saturated rings. The molecule has 0 radical (unpaired) electrons. The van der Waals surface area contributed by atoms with E-state index < -0.39 is 5.97 Å². The summed E-state index contributed by atoms with van der Waals surface area (Å²) in [5, 5.41) is 12.0. The van der Waals surface area contributed by atoms with Crippen molar-refractivity contribution in [1.29, 1.82) is 5.26 Å². The van der Waals surface area contributed by atoms with Crippen molar-refractivity contribution in [2.45, 2.75) is 6.54 Å². The van der Waals surface area contributed by atoms with Crippen molar-refractivity contribution in [3.05, 3.63) is 41.2 Å². The fraction of sp³-hybridized carbons (Fsp3) is 0.188. The summed E-state index contributed by atoms with van der Waals surface area (Å²) in [6.45, 7) is 0.435. The molecule has 2 amide bonds. The zero-order valence-corrected chi connectivity index (χ0v) is 13.2. The third kappa shape index (κ3) is 2.23. The molecule has 0 bridgehead atoms. The third-order valence-electron chi connectivity index (χ3n) is 3.92. The predicted octanol–water partition coefficient (Wildman–Crippen LogP) is 1.70. The Morgan fingerprint density at radius 3 is 2.88 bits per heavy atom. The van der Waals surface area contributed by atoms with Gasteiger partial charge in [0.25, 0.3) is 0 Å². The number of aromatic nitrogens is 1. The smallest absolute Gasteiger partial charge is 0.357 e. The Morgan fingerprint density at radius 1 is 1.46 bits per heavy atom. The average Bonchev–Trinajstić information content (AvgIpc) is 2.91. The number of hydrogen-bond donors (Lipinski definition) is 2. The molecule has 1 aromatic heterocycles.